The molecule has 2 N–H and O–H groups in total. The summed E-state index contributed by atoms with van der Waals surface area (Å²) in [5, 5.41) is 13.0. The summed E-state index contributed by atoms with van der Waals surface area (Å²) in [7, 11) is 1.59. The van der Waals surface area contributed by atoms with Crippen LogP contribution in [0.25, 0.3) is 0 Å². The number of ether oxygens (including phenoxy) is 3. The normalized spacial score (nSPS) is 13.8. The number of hydrogen-bond acceptors (Lipinski definition) is 5. The molecule has 114 valence electrons. The standard InChI is InChI=1S/C15H25NO4/c1-4-19-12(2)9-16-10-13(17)11-20-15-8-6-5-7-14(15)18-3/h5-8,12-13,16-17H,4,9-11H2,1-3H3. The molecular weight excluding hydrogens is 258 g/mol. The summed E-state index contributed by atoms with van der Waals surface area (Å²) >= 11 is 0. The third kappa shape index (κ3) is 6.23. The zero-order valence-corrected chi connectivity index (χ0v) is 12.5. The van der Waals surface area contributed by atoms with Gasteiger partial charge in [-0.2, -0.15) is 0 Å². The molecule has 0 aromatic heterocycles. The van der Waals surface area contributed by atoms with E-state index in [1.54, 1.807) is 7.11 Å². The number of nitrogens with one attached hydrogen (secondary N) is 1. The molecule has 20 heavy (non-hydrogen) atoms. The molecule has 0 spiro atoms. The van der Waals surface area contributed by atoms with Gasteiger partial charge in [-0.1, -0.05) is 12.1 Å². The third-order valence-corrected chi connectivity index (χ3v) is 2.76. The highest BCUT2D eigenvalue weighted by molar-refractivity contribution is 5.39. The quantitative estimate of drug-likeness (QED) is 0.680. The van der Waals surface area contributed by atoms with Crippen molar-refractivity contribution >= 4 is 0 Å². The zero-order chi connectivity index (χ0) is 14.8. The first-order chi connectivity index (χ1) is 9.67. The highest BCUT2D eigenvalue weighted by Gasteiger charge is 2.09. The Labute approximate surface area is 120 Å². The largest absolute Gasteiger partial charge is 0.493 e. The van der Waals surface area contributed by atoms with E-state index in [-0.39, 0.29) is 12.7 Å². The molecule has 1 rings (SSSR count). The van der Waals surface area contributed by atoms with Crippen molar-refractivity contribution in [1.82, 2.24) is 5.32 Å². The number of benzene rings is 1. The fourth-order valence-corrected chi connectivity index (χ4v) is 1.78. The summed E-state index contributed by atoms with van der Waals surface area (Å²) < 4.78 is 16.1. The van der Waals surface area contributed by atoms with Crippen molar-refractivity contribution in [3.8, 4) is 11.5 Å². The lowest BCUT2D eigenvalue weighted by Crippen LogP contribution is -2.35. The lowest BCUT2D eigenvalue weighted by molar-refractivity contribution is 0.0669. The van der Waals surface area contributed by atoms with Crippen LogP contribution in [-0.2, 0) is 4.74 Å². The molecule has 0 aliphatic carbocycles. The van der Waals surface area contributed by atoms with Gasteiger partial charge in [-0.05, 0) is 26.0 Å². The van der Waals surface area contributed by atoms with E-state index in [0.29, 0.717) is 31.2 Å². The molecule has 0 amide bonds. The summed E-state index contributed by atoms with van der Waals surface area (Å²) in [5.41, 5.74) is 0. The number of hydrogen-bond donors (Lipinski definition) is 2. The summed E-state index contributed by atoms with van der Waals surface area (Å²) in [6.45, 7) is 6.05. The van der Waals surface area contributed by atoms with Gasteiger partial charge < -0.3 is 24.6 Å². The minimum atomic E-state index is -0.575. The molecule has 0 saturated heterocycles. The molecule has 0 heterocycles. The molecular formula is C15H25NO4. The van der Waals surface area contributed by atoms with Gasteiger partial charge in [-0.15, -0.1) is 0 Å². The van der Waals surface area contributed by atoms with Crippen molar-refractivity contribution in [3.63, 3.8) is 0 Å². The van der Waals surface area contributed by atoms with Gasteiger partial charge in [0.2, 0.25) is 0 Å². The van der Waals surface area contributed by atoms with E-state index in [4.69, 9.17) is 14.2 Å². The summed E-state index contributed by atoms with van der Waals surface area (Å²) in [6.07, 6.45) is -0.434. The van der Waals surface area contributed by atoms with E-state index < -0.39 is 6.10 Å². The second kappa shape index (κ2) is 9.58. The van der Waals surface area contributed by atoms with E-state index in [9.17, 15) is 5.11 Å². The van der Waals surface area contributed by atoms with E-state index in [1.807, 2.05) is 38.1 Å². The second-order valence-electron chi connectivity index (χ2n) is 4.54. The van der Waals surface area contributed by atoms with Gasteiger partial charge in [0.25, 0.3) is 0 Å². The molecule has 5 heteroatoms. The van der Waals surface area contributed by atoms with Crippen LogP contribution in [0.3, 0.4) is 0 Å². The molecule has 0 bridgehead atoms. The first kappa shape index (κ1) is 16.8. The molecule has 0 aliphatic heterocycles. The first-order valence-corrected chi connectivity index (χ1v) is 6.93. The average Bonchev–Trinajstić information content (AvgIpc) is 2.45. The van der Waals surface area contributed by atoms with Crippen molar-refractivity contribution < 1.29 is 19.3 Å². The smallest absolute Gasteiger partial charge is 0.161 e. The molecule has 1 aromatic carbocycles. The van der Waals surface area contributed by atoms with E-state index in [1.165, 1.54) is 0 Å². The van der Waals surface area contributed by atoms with Crippen molar-refractivity contribution in [3.05, 3.63) is 24.3 Å². The Morgan fingerprint density at radius 2 is 1.90 bits per heavy atom. The highest BCUT2D eigenvalue weighted by atomic mass is 16.5. The van der Waals surface area contributed by atoms with Crippen LogP contribution in [0, 0.1) is 0 Å². The SMILES string of the molecule is CCOC(C)CNCC(O)COc1ccccc1OC. The van der Waals surface area contributed by atoms with Crippen LogP contribution >= 0.6 is 0 Å². The minimum Gasteiger partial charge on any atom is -0.493 e. The van der Waals surface area contributed by atoms with Crippen LogP contribution in [0.5, 0.6) is 11.5 Å². The van der Waals surface area contributed by atoms with E-state index >= 15 is 0 Å². The van der Waals surface area contributed by atoms with Crippen LogP contribution in [0.15, 0.2) is 24.3 Å². The molecule has 2 unspecified atom stereocenters. The topological polar surface area (TPSA) is 60.0 Å². The minimum absolute atomic E-state index is 0.141. The monoisotopic (exact) mass is 283 g/mol. The second-order valence-corrected chi connectivity index (χ2v) is 4.54. The Bertz CT molecular complexity index is 373. The Hall–Kier alpha value is -1.30. The lowest BCUT2D eigenvalue weighted by Gasteiger charge is -2.16. The van der Waals surface area contributed by atoms with E-state index in [0.717, 1.165) is 0 Å². The van der Waals surface area contributed by atoms with Gasteiger partial charge in [-0.3, -0.25) is 0 Å². The Morgan fingerprint density at radius 3 is 2.55 bits per heavy atom. The lowest BCUT2D eigenvalue weighted by atomic mass is 10.3. The van der Waals surface area contributed by atoms with Crippen LogP contribution in [0.4, 0.5) is 0 Å². The van der Waals surface area contributed by atoms with Crippen molar-refractivity contribution in [1.29, 1.82) is 0 Å². The van der Waals surface area contributed by atoms with Gasteiger partial charge in [0.05, 0.1) is 13.2 Å². The van der Waals surface area contributed by atoms with Gasteiger partial charge >= 0.3 is 0 Å². The number of aliphatic hydroxyl groups excluding tert-OH is 1. The predicted octanol–water partition coefficient (Wildman–Crippen LogP) is 1.45. The summed E-state index contributed by atoms with van der Waals surface area (Å²) in [4.78, 5) is 0. The third-order valence-electron chi connectivity index (χ3n) is 2.76. The van der Waals surface area contributed by atoms with Gasteiger partial charge in [0, 0.05) is 19.7 Å². The van der Waals surface area contributed by atoms with Gasteiger partial charge in [0.1, 0.15) is 12.7 Å². The van der Waals surface area contributed by atoms with E-state index in [2.05, 4.69) is 5.32 Å². The molecule has 0 aliphatic rings. The number of para-hydroxylation sites is 2. The Balaban J connectivity index is 2.24. The number of methoxy groups -OCH3 is 1. The van der Waals surface area contributed by atoms with Crippen molar-refractivity contribution in [2.24, 2.45) is 0 Å². The van der Waals surface area contributed by atoms with Crippen molar-refractivity contribution in [2.45, 2.75) is 26.1 Å². The fraction of sp³-hybridized carbons (Fsp3) is 0.600. The first-order valence-electron chi connectivity index (χ1n) is 6.93. The average molecular weight is 283 g/mol. The summed E-state index contributed by atoms with van der Waals surface area (Å²) in [5.74, 6) is 1.30. The zero-order valence-electron chi connectivity index (χ0n) is 12.5. The van der Waals surface area contributed by atoms with Crippen LogP contribution in [0.2, 0.25) is 0 Å². The van der Waals surface area contributed by atoms with Crippen molar-refractivity contribution in [2.75, 3.05) is 33.4 Å². The maximum absolute atomic E-state index is 9.85. The van der Waals surface area contributed by atoms with Crippen LogP contribution in [0.1, 0.15) is 13.8 Å². The maximum atomic E-state index is 9.85. The molecule has 0 saturated carbocycles. The van der Waals surface area contributed by atoms with Crippen LogP contribution in [-0.4, -0.2) is 50.7 Å². The predicted molar refractivity (Wildman–Crippen MR) is 78.5 cm³/mol. The highest BCUT2D eigenvalue weighted by Crippen LogP contribution is 2.25. The van der Waals surface area contributed by atoms with Gasteiger partial charge in [-0.25, -0.2) is 0 Å². The Kier molecular flexibility index (Phi) is 8.02. The fourth-order valence-electron chi connectivity index (χ4n) is 1.78. The molecule has 5 nitrogen and oxygen atoms in total. The number of rotatable bonds is 10. The Morgan fingerprint density at radius 1 is 1.20 bits per heavy atom. The summed E-state index contributed by atoms with van der Waals surface area (Å²) in [6, 6.07) is 7.38. The molecule has 1 aromatic rings. The van der Waals surface area contributed by atoms with Crippen LogP contribution < -0.4 is 14.8 Å². The number of aliphatic hydroxyl groups is 1. The molecule has 0 radical (unpaired) electrons. The molecule has 0 fully saturated rings. The maximum Gasteiger partial charge on any atom is 0.161 e. The van der Waals surface area contributed by atoms with Gasteiger partial charge in [0.15, 0.2) is 11.5 Å². The molecule has 2 atom stereocenters.